The van der Waals surface area contributed by atoms with Crippen LogP contribution in [-0.4, -0.2) is 48.2 Å². The van der Waals surface area contributed by atoms with Gasteiger partial charge in [-0.05, 0) is 30.3 Å². The smallest absolute Gasteiger partial charge is 0.277 e. The second-order valence-electron chi connectivity index (χ2n) is 6.34. The number of thioether (sulfide) groups is 1. The lowest BCUT2D eigenvalue weighted by Gasteiger charge is -2.30. The molecule has 2 aromatic carbocycles. The fraction of sp³-hybridized carbons (Fsp3) is 0.250. The lowest BCUT2D eigenvalue weighted by atomic mass is 10.2. The maximum atomic E-state index is 13.3. The van der Waals surface area contributed by atoms with Crippen molar-refractivity contribution in [2.24, 2.45) is 0 Å². The van der Waals surface area contributed by atoms with Crippen LogP contribution in [0.15, 0.2) is 58.2 Å². The molecule has 1 N–H and O–H groups in total. The first-order chi connectivity index (χ1) is 14.2. The highest BCUT2D eigenvalue weighted by Crippen LogP contribution is 2.27. The van der Waals surface area contributed by atoms with E-state index in [0.29, 0.717) is 18.8 Å². The number of nitrogens with zero attached hydrogens (tertiary/aromatic N) is 3. The first-order valence-electron chi connectivity index (χ1n) is 9.13. The lowest BCUT2D eigenvalue weighted by Crippen LogP contribution is -2.36. The molecule has 4 rings (SSSR count). The van der Waals surface area contributed by atoms with Gasteiger partial charge >= 0.3 is 0 Å². The van der Waals surface area contributed by atoms with Crippen molar-refractivity contribution < 1.29 is 18.3 Å². The summed E-state index contributed by atoms with van der Waals surface area (Å²) in [7, 11) is 0. The molecule has 0 aliphatic carbocycles. The van der Waals surface area contributed by atoms with Crippen molar-refractivity contribution in [3.05, 3.63) is 54.3 Å². The van der Waals surface area contributed by atoms with Crippen LogP contribution >= 0.6 is 11.8 Å². The van der Waals surface area contributed by atoms with E-state index >= 15 is 0 Å². The average molecular weight is 414 g/mol. The minimum absolute atomic E-state index is 0.113. The number of hydrogen-bond acceptors (Lipinski definition) is 7. The molecule has 0 bridgehead atoms. The predicted molar refractivity (Wildman–Crippen MR) is 109 cm³/mol. The van der Waals surface area contributed by atoms with E-state index < -0.39 is 0 Å². The molecule has 3 aromatic rings. The van der Waals surface area contributed by atoms with Gasteiger partial charge in [0.25, 0.3) is 5.22 Å². The SMILES string of the molecule is O=C(CSc1nnc(-c2cccc(F)c2)o1)Nc1ccccc1N1CCOCC1. The van der Waals surface area contributed by atoms with Crippen molar-refractivity contribution in [3.8, 4) is 11.5 Å². The minimum Gasteiger partial charge on any atom is -0.411 e. The largest absolute Gasteiger partial charge is 0.411 e. The van der Waals surface area contributed by atoms with E-state index in [1.807, 2.05) is 24.3 Å². The predicted octanol–water partition coefficient (Wildman–Crippen LogP) is 3.44. The molecule has 0 unspecified atom stereocenters. The Labute approximate surface area is 171 Å². The van der Waals surface area contributed by atoms with Crippen molar-refractivity contribution in [2.45, 2.75) is 5.22 Å². The number of para-hydroxylation sites is 2. The zero-order valence-corrected chi connectivity index (χ0v) is 16.3. The average Bonchev–Trinajstić information content (AvgIpc) is 3.23. The summed E-state index contributed by atoms with van der Waals surface area (Å²) in [5.74, 6) is -0.234. The van der Waals surface area contributed by atoms with E-state index in [-0.39, 0.29) is 28.6 Å². The maximum Gasteiger partial charge on any atom is 0.277 e. The summed E-state index contributed by atoms with van der Waals surface area (Å²) in [5.41, 5.74) is 2.22. The number of anilines is 2. The van der Waals surface area contributed by atoms with E-state index in [0.717, 1.165) is 36.2 Å². The lowest BCUT2D eigenvalue weighted by molar-refractivity contribution is -0.113. The molecule has 9 heteroatoms. The number of morpholine rings is 1. The highest BCUT2D eigenvalue weighted by atomic mass is 32.2. The Morgan fingerprint density at radius 1 is 1.14 bits per heavy atom. The topological polar surface area (TPSA) is 80.5 Å². The van der Waals surface area contributed by atoms with Crippen molar-refractivity contribution in [3.63, 3.8) is 0 Å². The molecular formula is C20H19FN4O3S. The molecule has 1 aromatic heterocycles. The van der Waals surface area contributed by atoms with Crippen LogP contribution in [0, 0.1) is 5.82 Å². The molecule has 1 amide bonds. The van der Waals surface area contributed by atoms with E-state index in [4.69, 9.17) is 9.15 Å². The Morgan fingerprint density at radius 2 is 1.97 bits per heavy atom. The van der Waals surface area contributed by atoms with Gasteiger partial charge in [0.2, 0.25) is 11.8 Å². The molecule has 1 aliphatic rings. The first kappa shape index (κ1) is 19.4. The molecule has 7 nitrogen and oxygen atoms in total. The molecule has 1 fully saturated rings. The van der Waals surface area contributed by atoms with Gasteiger partial charge in [0.05, 0.1) is 30.3 Å². The fourth-order valence-electron chi connectivity index (χ4n) is 2.98. The van der Waals surface area contributed by atoms with Crippen LogP contribution in [-0.2, 0) is 9.53 Å². The zero-order chi connectivity index (χ0) is 20.1. The number of carbonyl (C=O) groups is 1. The molecule has 29 heavy (non-hydrogen) atoms. The number of aromatic nitrogens is 2. The summed E-state index contributed by atoms with van der Waals surface area (Å²) in [6.07, 6.45) is 0. The Kier molecular flexibility index (Phi) is 6.06. The Bertz CT molecular complexity index is 991. The number of benzene rings is 2. The van der Waals surface area contributed by atoms with Crippen LogP contribution in [0.1, 0.15) is 0 Å². The van der Waals surface area contributed by atoms with Gasteiger partial charge in [-0.15, -0.1) is 10.2 Å². The third-order valence-electron chi connectivity index (χ3n) is 4.33. The third-order valence-corrected chi connectivity index (χ3v) is 5.15. The van der Waals surface area contributed by atoms with Gasteiger partial charge in [-0.1, -0.05) is 30.0 Å². The van der Waals surface area contributed by atoms with Gasteiger partial charge in [0.15, 0.2) is 0 Å². The fourth-order valence-corrected chi connectivity index (χ4v) is 3.54. The van der Waals surface area contributed by atoms with Crippen LogP contribution < -0.4 is 10.2 Å². The monoisotopic (exact) mass is 414 g/mol. The summed E-state index contributed by atoms with van der Waals surface area (Å²) in [5, 5.41) is 11.0. The van der Waals surface area contributed by atoms with Crippen LogP contribution in [0.4, 0.5) is 15.8 Å². The van der Waals surface area contributed by atoms with Crippen molar-refractivity contribution >= 4 is 29.0 Å². The number of rotatable bonds is 6. The van der Waals surface area contributed by atoms with Gasteiger partial charge in [-0.2, -0.15) is 0 Å². The van der Waals surface area contributed by atoms with Crippen molar-refractivity contribution in [2.75, 3.05) is 42.3 Å². The summed E-state index contributed by atoms with van der Waals surface area (Å²) >= 11 is 1.13. The molecule has 0 atom stereocenters. The highest BCUT2D eigenvalue weighted by Gasteiger charge is 2.17. The molecule has 0 radical (unpaired) electrons. The van der Waals surface area contributed by atoms with Crippen molar-refractivity contribution in [1.29, 1.82) is 0 Å². The summed E-state index contributed by atoms with van der Waals surface area (Å²) in [6, 6.07) is 13.6. The van der Waals surface area contributed by atoms with Crippen molar-refractivity contribution in [1.82, 2.24) is 10.2 Å². The van der Waals surface area contributed by atoms with Gasteiger partial charge < -0.3 is 19.4 Å². The van der Waals surface area contributed by atoms with Crippen LogP contribution in [0.5, 0.6) is 0 Å². The standard InChI is InChI=1S/C20H19FN4O3S/c21-15-5-3-4-14(12-15)19-23-24-20(28-19)29-13-18(26)22-16-6-1-2-7-17(16)25-8-10-27-11-9-25/h1-7,12H,8-11,13H2,(H,22,26). The van der Waals surface area contributed by atoms with E-state index in [9.17, 15) is 9.18 Å². The van der Waals surface area contributed by atoms with E-state index in [1.165, 1.54) is 12.1 Å². The second kappa shape index (κ2) is 9.06. The van der Waals surface area contributed by atoms with E-state index in [2.05, 4.69) is 20.4 Å². The molecule has 2 heterocycles. The van der Waals surface area contributed by atoms with E-state index in [1.54, 1.807) is 12.1 Å². The molecular weight excluding hydrogens is 395 g/mol. The number of hydrogen-bond donors (Lipinski definition) is 1. The van der Waals surface area contributed by atoms with Crippen LogP contribution in [0.3, 0.4) is 0 Å². The molecule has 1 saturated heterocycles. The van der Waals surface area contributed by atoms with Crippen LogP contribution in [0.25, 0.3) is 11.5 Å². The summed E-state index contributed by atoms with van der Waals surface area (Å²) in [6.45, 7) is 2.91. The third kappa shape index (κ3) is 4.93. The quantitative estimate of drug-likeness (QED) is 0.619. The highest BCUT2D eigenvalue weighted by molar-refractivity contribution is 7.99. The molecule has 0 spiro atoms. The normalized spacial score (nSPS) is 14.0. The Morgan fingerprint density at radius 3 is 2.79 bits per heavy atom. The van der Waals surface area contributed by atoms with Gasteiger partial charge in [0.1, 0.15) is 5.82 Å². The van der Waals surface area contributed by atoms with Gasteiger partial charge in [0, 0.05) is 18.7 Å². The van der Waals surface area contributed by atoms with Crippen LogP contribution in [0.2, 0.25) is 0 Å². The minimum atomic E-state index is -0.381. The Hall–Kier alpha value is -2.91. The summed E-state index contributed by atoms with van der Waals surface area (Å²) in [4.78, 5) is 14.6. The molecule has 150 valence electrons. The second-order valence-corrected chi connectivity index (χ2v) is 7.26. The number of carbonyl (C=O) groups excluding carboxylic acids is 1. The zero-order valence-electron chi connectivity index (χ0n) is 15.5. The number of halogens is 1. The van der Waals surface area contributed by atoms with Gasteiger partial charge in [-0.25, -0.2) is 4.39 Å². The first-order valence-corrected chi connectivity index (χ1v) is 10.1. The maximum absolute atomic E-state index is 13.3. The summed E-state index contributed by atoms with van der Waals surface area (Å²) < 4.78 is 24.2. The molecule has 0 saturated carbocycles. The Balaban J connectivity index is 1.36. The number of amides is 1. The van der Waals surface area contributed by atoms with Gasteiger partial charge in [-0.3, -0.25) is 4.79 Å². The number of nitrogens with one attached hydrogen (secondary N) is 1. The number of ether oxygens (including phenoxy) is 1. The molecule has 1 aliphatic heterocycles.